The van der Waals surface area contributed by atoms with Gasteiger partial charge in [0.05, 0.1) is 0 Å². The van der Waals surface area contributed by atoms with Crippen LogP contribution in [0.3, 0.4) is 0 Å². The molecular weight excluding hydrogens is 276 g/mol. The van der Waals surface area contributed by atoms with Gasteiger partial charge in [0.25, 0.3) is 5.91 Å². The predicted molar refractivity (Wildman–Crippen MR) is 78.2 cm³/mol. The fourth-order valence-electron chi connectivity index (χ4n) is 1.95. The molecule has 0 radical (unpaired) electrons. The quantitative estimate of drug-likeness (QED) is 0.723. The van der Waals surface area contributed by atoms with Gasteiger partial charge in [-0.25, -0.2) is 4.98 Å². The summed E-state index contributed by atoms with van der Waals surface area (Å²) in [5.41, 5.74) is 2.38. The van der Waals surface area contributed by atoms with Gasteiger partial charge in [-0.2, -0.15) is 0 Å². The Bertz CT molecular complexity index is 795. The maximum Gasteiger partial charge on any atom is 0.291 e. The van der Waals surface area contributed by atoms with Crippen molar-refractivity contribution < 1.29 is 9.21 Å². The minimum Gasteiger partial charge on any atom is -0.451 e. The third kappa shape index (κ3) is 2.51. The molecule has 0 aliphatic rings. The standard InChI is InChI=1S/C15H11ClN2O2/c1-9-2-3-12-10(6-9)7-13(20-12)15(19)18-11-4-5-17-14(16)8-11/h2-8H,1H3,(H,17,18,19). The lowest BCUT2D eigenvalue weighted by molar-refractivity contribution is 0.0998. The fraction of sp³-hybridized carbons (Fsp3) is 0.0667. The number of furan rings is 1. The molecule has 0 unspecified atom stereocenters. The maximum atomic E-state index is 12.1. The van der Waals surface area contributed by atoms with Crippen molar-refractivity contribution in [3.8, 4) is 0 Å². The molecule has 1 N–H and O–H groups in total. The Labute approximate surface area is 120 Å². The van der Waals surface area contributed by atoms with Gasteiger partial charge in [-0.05, 0) is 37.3 Å². The summed E-state index contributed by atoms with van der Waals surface area (Å²) in [6.07, 6.45) is 1.53. The third-order valence-electron chi connectivity index (χ3n) is 2.88. The Morgan fingerprint density at radius 3 is 2.90 bits per heavy atom. The van der Waals surface area contributed by atoms with E-state index in [0.29, 0.717) is 16.4 Å². The van der Waals surface area contributed by atoms with Crippen LogP contribution in [-0.4, -0.2) is 10.9 Å². The summed E-state index contributed by atoms with van der Waals surface area (Å²) in [6, 6.07) is 10.7. The van der Waals surface area contributed by atoms with Crippen LogP contribution in [0.2, 0.25) is 5.15 Å². The number of aryl methyl sites for hydroxylation is 1. The van der Waals surface area contributed by atoms with E-state index in [9.17, 15) is 4.79 Å². The van der Waals surface area contributed by atoms with E-state index in [2.05, 4.69) is 10.3 Å². The number of carbonyl (C=O) groups excluding carboxylic acids is 1. The van der Waals surface area contributed by atoms with Crippen LogP contribution in [0.5, 0.6) is 0 Å². The first-order valence-corrected chi connectivity index (χ1v) is 6.43. The summed E-state index contributed by atoms with van der Waals surface area (Å²) >= 11 is 5.77. The largest absolute Gasteiger partial charge is 0.451 e. The number of nitrogens with one attached hydrogen (secondary N) is 1. The number of hydrogen-bond acceptors (Lipinski definition) is 3. The molecule has 3 aromatic rings. The Morgan fingerprint density at radius 2 is 2.10 bits per heavy atom. The number of aromatic nitrogens is 1. The zero-order chi connectivity index (χ0) is 14.1. The minimum absolute atomic E-state index is 0.263. The molecule has 2 heterocycles. The van der Waals surface area contributed by atoms with E-state index in [4.69, 9.17) is 16.0 Å². The SMILES string of the molecule is Cc1ccc2oc(C(=O)Nc3ccnc(Cl)c3)cc2c1. The van der Waals surface area contributed by atoms with E-state index >= 15 is 0 Å². The summed E-state index contributed by atoms with van der Waals surface area (Å²) in [7, 11) is 0. The van der Waals surface area contributed by atoms with Gasteiger partial charge < -0.3 is 9.73 Å². The smallest absolute Gasteiger partial charge is 0.291 e. The number of nitrogens with zero attached hydrogens (tertiary/aromatic N) is 1. The zero-order valence-electron chi connectivity index (χ0n) is 10.7. The first-order valence-electron chi connectivity index (χ1n) is 6.05. The van der Waals surface area contributed by atoms with Crippen molar-refractivity contribution in [1.82, 2.24) is 4.98 Å². The zero-order valence-corrected chi connectivity index (χ0v) is 11.4. The monoisotopic (exact) mass is 286 g/mol. The van der Waals surface area contributed by atoms with E-state index in [0.717, 1.165) is 10.9 Å². The number of pyridine rings is 1. The number of benzene rings is 1. The highest BCUT2D eigenvalue weighted by Gasteiger charge is 2.12. The molecule has 0 bridgehead atoms. The molecule has 20 heavy (non-hydrogen) atoms. The molecule has 1 amide bonds. The number of hydrogen-bond donors (Lipinski definition) is 1. The van der Waals surface area contributed by atoms with Crippen LogP contribution in [0, 0.1) is 6.92 Å². The molecule has 100 valence electrons. The molecule has 0 saturated carbocycles. The highest BCUT2D eigenvalue weighted by molar-refractivity contribution is 6.29. The van der Waals surface area contributed by atoms with Crippen molar-refractivity contribution in [2.24, 2.45) is 0 Å². The molecule has 0 saturated heterocycles. The lowest BCUT2D eigenvalue weighted by Gasteiger charge is -2.02. The van der Waals surface area contributed by atoms with Gasteiger partial charge >= 0.3 is 0 Å². The van der Waals surface area contributed by atoms with Crippen molar-refractivity contribution >= 4 is 34.2 Å². The average molecular weight is 287 g/mol. The van der Waals surface area contributed by atoms with Gasteiger partial charge in [-0.15, -0.1) is 0 Å². The number of halogens is 1. The molecule has 0 atom stereocenters. The predicted octanol–water partition coefficient (Wildman–Crippen LogP) is 4.04. The fourth-order valence-corrected chi connectivity index (χ4v) is 2.12. The van der Waals surface area contributed by atoms with Crippen molar-refractivity contribution in [2.75, 3.05) is 5.32 Å². The normalized spacial score (nSPS) is 10.7. The molecule has 3 rings (SSSR count). The molecule has 4 nitrogen and oxygen atoms in total. The summed E-state index contributed by atoms with van der Waals surface area (Å²) < 4.78 is 5.53. The van der Waals surface area contributed by atoms with Crippen LogP contribution >= 0.6 is 11.6 Å². The first kappa shape index (κ1) is 12.7. The Kier molecular flexibility index (Phi) is 3.16. The molecule has 1 aromatic carbocycles. The first-order chi connectivity index (χ1) is 9.61. The molecule has 0 aliphatic heterocycles. The van der Waals surface area contributed by atoms with E-state index in [-0.39, 0.29) is 11.7 Å². The van der Waals surface area contributed by atoms with Gasteiger partial charge in [0.15, 0.2) is 5.76 Å². The summed E-state index contributed by atoms with van der Waals surface area (Å²) in [4.78, 5) is 16.0. The van der Waals surface area contributed by atoms with Crippen molar-refractivity contribution in [1.29, 1.82) is 0 Å². The van der Waals surface area contributed by atoms with E-state index < -0.39 is 0 Å². The number of anilines is 1. The average Bonchev–Trinajstić information content (AvgIpc) is 2.81. The van der Waals surface area contributed by atoms with Crippen LogP contribution in [0.15, 0.2) is 47.0 Å². The van der Waals surface area contributed by atoms with Crippen LogP contribution < -0.4 is 5.32 Å². The van der Waals surface area contributed by atoms with Crippen molar-refractivity contribution in [2.45, 2.75) is 6.92 Å². The summed E-state index contributed by atoms with van der Waals surface area (Å²) in [5, 5.41) is 3.95. The lowest BCUT2D eigenvalue weighted by atomic mass is 10.2. The Morgan fingerprint density at radius 1 is 1.25 bits per heavy atom. The molecule has 2 aromatic heterocycles. The summed E-state index contributed by atoms with van der Waals surface area (Å²) in [6.45, 7) is 1.99. The highest BCUT2D eigenvalue weighted by Crippen LogP contribution is 2.21. The molecule has 5 heteroatoms. The van der Waals surface area contributed by atoms with Crippen LogP contribution in [-0.2, 0) is 0 Å². The number of carbonyl (C=O) groups is 1. The third-order valence-corrected chi connectivity index (χ3v) is 3.09. The second-order valence-corrected chi connectivity index (χ2v) is 4.86. The van der Waals surface area contributed by atoms with E-state index in [1.54, 1.807) is 18.2 Å². The van der Waals surface area contributed by atoms with Gasteiger partial charge in [0.1, 0.15) is 10.7 Å². The van der Waals surface area contributed by atoms with Crippen molar-refractivity contribution in [3.63, 3.8) is 0 Å². The Hall–Kier alpha value is -2.33. The second-order valence-electron chi connectivity index (χ2n) is 4.47. The number of amides is 1. The van der Waals surface area contributed by atoms with Gasteiger partial charge in [0.2, 0.25) is 0 Å². The van der Waals surface area contributed by atoms with Gasteiger partial charge in [-0.3, -0.25) is 4.79 Å². The second kappa shape index (κ2) is 4.98. The number of rotatable bonds is 2. The molecule has 0 spiro atoms. The minimum atomic E-state index is -0.318. The van der Waals surface area contributed by atoms with Crippen LogP contribution in [0.25, 0.3) is 11.0 Å². The van der Waals surface area contributed by atoms with Gasteiger partial charge in [-0.1, -0.05) is 23.2 Å². The highest BCUT2D eigenvalue weighted by atomic mass is 35.5. The maximum absolute atomic E-state index is 12.1. The van der Waals surface area contributed by atoms with Gasteiger partial charge in [0, 0.05) is 17.3 Å². The molecule has 0 aliphatic carbocycles. The molecular formula is C15H11ClN2O2. The van der Waals surface area contributed by atoms with E-state index in [1.807, 2.05) is 25.1 Å². The summed E-state index contributed by atoms with van der Waals surface area (Å²) in [5.74, 6) is -0.0559. The van der Waals surface area contributed by atoms with Crippen molar-refractivity contribution in [3.05, 3.63) is 59.1 Å². The lowest BCUT2D eigenvalue weighted by Crippen LogP contribution is -2.10. The van der Waals surface area contributed by atoms with Crippen LogP contribution in [0.1, 0.15) is 16.1 Å². The molecule has 0 fully saturated rings. The van der Waals surface area contributed by atoms with E-state index in [1.165, 1.54) is 6.20 Å². The Balaban J connectivity index is 1.88. The number of fused-ring (bicyclic) bond motifs is 1. The topological polar surface area (TPSA) is 55.1 Å². The van der Waals surface area contributed by atoms with Crippen LogP contribution in [0.4, 0.5) is 5.69 Å².